The van der Waals surface area contributed by atoms with Gasteiger partial charge >= 0.3 is 0 Å². The minimum absolute atomic E-state index is 0. The maximum atomic E-state index is 8.31. The summed E-state index contributed by atoms with van der Waals surface area (Å²) in [6.45, 7) is 3.70. The van der Waals surface area contributed by atoms with E-state index in [1.807, 2.05) is 12.4 Å². The molecular formula is C46H62N12O2. The minimum Gasteiger partial charge on any atom is -0.379 e. The molecule has 0 atom stereocenters. The Labute approximate surface area is 355 Å². The highest BCUT2D eigenvalue weighted by molar-refractivity contribution is 5.64. The van der Waals surface area contributed by atoms with E-state index in [-0.39, 0.29) is 29.7 Å². The molecule has 2 aromatic heterocycles. The Morgan fingerprint density at radius 3 is 1.13 bits per heavy atom. The number of rotatable bonds is 23. The third kappa shape index (κ3) is 16.5. The number of hydrogen-bond donors (Lipinski definition) is 0. The van der Waals surface area contributed by atoms with Gasteiger partial charge in [-0.05, 0) is 94.1 Å². The highest BCUT2D eigenvalue weighted by atomic mass is 16.5. The topological polar surface area (TPSA) is 177 Å². The quantitative estimate of drug-likeness (QED) is 0.0269. The van der Waals surface area contributed by atoms with Gasteiger partial charge in [0.05, 0.1) is 50.9 Å². The molecule has 60 heavy (non-hydrogen) atoms. The summed E-state index contributed by atoms with van der Waals surface area (Å²) in [5, 5.41) is 23.9. The van der Waals surface area contributed by atoms with Gasteiger partial charge in [-0.1, -0.05) is 147 Å². The van der Waals surface area contributed by atoms with Crippen molar-refractivity contribution in [1.82, 2.24) is 30.0 Å². The average molecular weight is 815 g/mol. The lowest BCUT2D eigenvalue weighted by Crippen LogP contribution is -2.08. The van der Waals surface area contributed by atoms with E-state index in [0.29, 0.717) is 52.6 Å². The Hall–Kier alpha value is -6.30. The summed E-state index contributed by atoms with van der Waals surface area (Å²) in [5.41, 5.74) is 28.6. The van der Waals surface area contributed by atoms with Gasteiger partial charge in [-0.2, -0.15) is 0 Å². The molecule has 0 amide bonds. The largest absolute Gasteiger partial charge is 0.379 e. The minimum atomic E-state index is 0. The highest BCUT2D eigenvalue weighted by Crippen LogP contribution is 2.23. The third-order valence-electron chi connectivity index (χ3n) is 9.34. The SMILES string of the molecule is C.C.C.C.[N-]=[N+]=NCCOCCn1cc(CCc2ccc(Cc3ccc(-c4ccc(Cc5ccc(CCc6cn(CCOCCN=[N+]=[N-])nn6)cc5)cc4)cc3)cc2)nn1. The highest BCUT2D eigenvalue weighted by Gasteiger charge is 2.06. The zero-order valence-electron chi connectivity index (χ0n) is 31.5. The normalized spacial score (nSPS) is 10.2. The van der Waals surface area contributed by atoms with Gasteiger partial charge in [-0.15, -0.1) is 10.2 Å². The van der Waals surface area contributed by atoms with Gasteiger partial charge in [-0.3, -0.25) is 0 Å². The second-order valence-electron chi connectivity index (χ2n) is 13.5. The van der Waals surface area contributed by atoms with E-state index in [1.54, 1.807) is 9.36 Å². The Bertz CT molecular complexity index is 2010. The van der Waals surface area contributed by atoms with Crippen LogP contribution in [-0.2, 0) is 61.1 Å². The number of hydrogen-bond acceptors (Lipinski definition) is 8. The molecule has 0 saturated heterocycles. The average Bonchev–Trinajstić information content (AvgIpc) is 3.90. The zero-order valence-corrected chi connectivity index (χ0v) is 31.5. The summed E-state index contributed by atoms with van der Waals surface area (Å²) < 4.78 is 14.5. The molecular weight excluding hydrogens is 753 g/mol. The van der Waals surface area contributed by atoms with Crippen molar-refractivity contribution in [3.8, 4) is 11.1 Å². The molecule has 14 nitrogen and oxygen atoms in total. The fourth-order valence-corrected chi connectivity index (χ4v) is 6.24. The Kier molecular flexibility index (Phi) is 22.8. The van der Waals surface area contributed by atoms with Crippen LogP contribution in [0.2, 0.25) is 0 Å². The molecule has 0 bridgehead atoms. The van der Waals surface area contributed by atoms with Crippen LogP contribution in [0.1, 0.15) is 74.5 Å². The molecule has 318 valence electrons. The van der Waals surface area contributed by atoms with E-state index in [1.165, 1.54) is 44.5 Å². The molecule has 0 saturated carbocycles. The monoisotopic (exact) mass is 815 g/mol. The molecule has 0 spiro atoms. The first kappa shape index (κ1) is 49.8. The second-order valence-corrected chi connectivity index (χ2v) is 13.5. The molecule has 0 aliphatic carbocycles. The summed E-state index contributed by atoms with van der Waals surface area (Å²) in [7, 11) is 0. The summed E-state index contributed by atoms with van der Waals surface area (Å²) in [6.07, 6.45) is 9.14. The van der Waals surface area contributed by atoms with E-state index in [0.717, 1.165) is 49.9 Å². The fraction of sp³-hybridized carbons (Fsp3) is 0.391. The van der Waals surface area contributed by atoms with Crippen molar-refractivity contribution in [2.75, 3.05) is 39.5 Å². The van der Waals surface area contributed by atoms with Crippen molar-refractivity contribution in [1.29, 1.82) is 0 Å². The Morgan fingerprint density at radius 1 is 0.450 bits per heavy atom. The van der Waals surface area contributed by atoms with Crippen molar-refractivity contribution in [3.63, 3.8) is 0 Å². The molecule has 0 fully saturated rings. The zero-order chi connectivity index (χ0) is 38.6. The predicted octanol–water partition coefficient (Wildman–Crippen LogP) is 10.5. The molecule has 2 heterocycles. The van der Waals surface area contributed by atoms with Crippen molar-refractivity contribution in [3.05, 3.63) is 175 Å². The summed E-state index contributed by atoms with van der Waals surface area (Å²) in [4.78, 5) is 5.43. The number of azide groups is 2. The smallest absolute Gasteiger partial charge is 0.0830 e. The first-order valence-corrected chi connectivity index (χ1v) is 18.9. The lowest BCUT2D eigenvalue weighted by atomic mass is 9.97. The maximum absolute atomic E-state index is 8.31. The van der Waals surface area contributed by atoms with Crippen LogP contribution < -0.4 is 0 Å². The molecule has 0 N–H and O–H groups in total. The molecule has 6 rings (SSSR count). The van der Waals surface area contributed by atoms with Crippen LogP contribution in [0, 0.1) is 0 Å². The van der Waals surface area contributed by atoms with Gasteiger partial charge in [0.25, 0.3) is 0 Å². The molecule has 0 aliphatic rings. The third-order valence-corrected chi connectivity index (χ3v) is 9.34. The van der Waals surface area contributed by atoms with Gasteiger partial charge in [0.1, 0.15) is 0 Å². The van der Waals surface area contributed by atoms with Crippen LogP contribution in [0.3, 0.4) is 0 Å². The van der Waals surface area contributed by atoms with E-state index in [2.05, 4.69) is 138 Å². The van der Waals surface area contributed by atoms with Crippen molar-refractivity contribution >= 4 is 0 Å². The number of aromatic nitrogens is 6. The second kappa shape index (κ2) is 27.4. The van der Waals surface area contributed by atoms with E-state index in [9.17, 15) is 0 Å². The van der Waals surface area contributed by atoms with Crippen LogP contribution in [0.5, 0.6) is 0 Å². The van der Waals surface area contributed by atoms with E-state index < -0.39 is 0 Å². The lowest BCUT2D eigenvalue weighted by molar-refractivity contribution is 0.130. The van der Waals surface area contributed by atoms with Gasteiger partial charge in [0.2, 0.25) is 0 Å². The van der Waals surface area contributed by atoms with Crippen LogP contribution in [0.4, 0.5) is 0 Å². The number of ether oxygens (including phenoxy) is 2. The van der Waals surface area contributed by atoms with Crippen LogP contribution >= 0.6 is 0 Å². The van der Waals surface area contributed by atoms with Crippen molar-refractivity contribution < 1.29 is 9.47 Å². The molecule has 4 aromatic carbocycles. The molecule has 0 aliphatic heterocycles. The Balaban J connectivity index is 0.00000310. The van der Waals surface area contributed by atoms with E-state index >= 15 is 0 Å². The molecule has 6 aromatic rings. The summed E-state index contributed by atoms with van der Waals surface area (Å²) in [6, 6.07) is 35.4. The van der Waals surface area contributed by atoms with Gasteiger partial charge in [0.15, 0.2) is 0 Å². The summed E-state index contributed by atoms with van der Waals surface area (Å²) in [5.74, 6) is 0. The number of benzene rings is 4. The molecule has 0 unspecified atom stereocenters. The van der Waals surface area contributed by atoms with Crippen molar-refractivity contribution in [2.45, 2.75) is 81.3 Å². The van der Waals surface area contributed by atoms with Crippen LogP contribution in [-0.4, -0.2) is 69.5 Å². The molecule has 0 radical (unpaired) electrons. The maximum Gasteiger partial charge on any atom is 0.0830 e. The van der Waals surface area contributed by atoms with Crippen molar-refractivity contribution in [2.24, 2.45) is 10.2 Å². The fourth-order valence-electron chi connectivity index (χ4n) is 6.24. The van der Waals surface area contributed by atoms with Gasteiger partial charge < -0.3 is 9.47 Å². The standard InChI is InChI=1S/C42H46N12O2.4CH4/c43-49-45-21-25-55-27-23-53-31-41(47-51-53)19-13-33-1-5-35(6-2-33)29-37-9-15-39(16-10-37)40-17-11-38(12-18-40)30-36-7-3-34(4-8-36)14-20-42-32-54(52-48-42)24-28-56-26-22-46-50-44;;;;/h1-12,15-18,31-32H,13-14,19-30H2;4*1H4. The lowest BCUT2D eigenvalue weighted by Gasteiger charge is -2.08. The van der Waals surface area contributed by atoms with Crippen LogP contribution in [0.15, 0.2) is 120 Å². The predicted molar refractivity (Wildman–Crippen MR) is 242 cm³/mol. The number of aryl methyl sites for hydroxylation is 4. The number of nitrogens with zero attached hydrogens (tertiary/aromatic N) is 12. The van der Waals surface area contributed by atoms with Gasteiger partial charge in [-0.25, -0.2) is 9.36 Å². The summed E-state index contributed by atoms with van der Waals surface area (Å²) >= 11 is 0. The Morgan fingerprint density at radius 2 is 0.783 bits per heavy atom. The molecule has 14 heteroatoms. The first-order chi connectivity index (χ1) is 27.6. The first-order valence-electron chi connectivity index (χ1n) is 18.9. The van der Waals surface area contributed by atoms with E-state index in [4.69, 9.17) is 20.5 Å². The van der Waals surface area contributed by atoms with Crippen LogP contribution in [0.25, 0.3) is 32.0 Å². The van der Waals surface area contributed by atoms with Gasteiger partial charge in [0, 0.05) is 35.3 Å².